The molecule has 1 aliphatic rings. The van der Waals surface area contributed by atoms with E-state index in [1.807, 2.05) is 29.6 Å². The Balaban J connectivity index is 1.45. The summed E-state index contributed by atoms with van der Waals surface area (Å²) < 4.78 is 0. The van der Waals surface area contributed by atoms with Crippen molar-refractivity contribution in [2.75, 3.05) is 18.4 Å². The summed E-state index contributed by atoms with van der Waals surface area (Å²) in [5.41, 5.74) is 2.16. The maximum absolute atomic E-state index is 12.1. The highest BCUT2D eigenvalue weighted by Gasteiger charge is 2.17. The van der Waals surface area contributed by atoms with Crippen LogP contribution in [0.5, 0.6) is 0 Å². The summed E-state index contributed by atoms with van der Waals surface area (Å²) in [6, 6.07) is 7.61. The molecule has 2 aromatic rings. The number of rotatable bonds is 6. The van der Waals surface area contributed by atoms with Gasteiger partial charge in [-0.3, -0.25) is 9.69 Å². The number of thiazole rings is 1. The molecule has 1 N–H and O–H groups in total. The first kappa shape index (κ1) is 18.4. The van der Waals surface area contributed by atoms with Gasteiger partial charge in [0.25, 0.3) is 0 Å². The normalized spacial score (nSPS) is 18.2. The quantitative estimate of drug-likeness (QED) is 0.800. The van der Waals surface area contributed by atoms with Crippen LogP contribution in [-0.4, -0.2) is 28.9 Å². The van der Waals surface area contributed by atoms with Gasteiger partial charge in [-0.1, -0.05) is 30.7 Å². The Labute approximate surface area is 158 Å². The molecule has 0 unspecified atom stereocenters. The van der Waals surface area contributed by atoms with Gasteiger partial charge >= 0.3 is 0 Å². The fourth-order valence-corrected chi connectivity index (χ4v) is 4.03. The number of anilines is 1. The summed E-state index contributed by atoms with van der Waals surface area (Å²) in [5.74, 6) is 0.766. The SMILES string of the molecule is C[C@H]1CCCN(Cc2csc(NC(=O)CCc3ccc(Cl)cc3)n2)C1. The molecule has 0 aliphatic carbocycles. The lowest BCUT2D eigenvalue weighted by atomic mass is 10.0. The smallest absolute Gasteiger partial charge is 0.226 e. The molecule has 25 heavy (non-hydrogen) atoms. The van der Waals surface area contributed by atoms with Crippen LogP contribution in [0.15, 0.2) is 29.6 Å². The summed E-state index contributed by atoms with van der Waals surface area (Å²) in [6.07, 6.45) is 3.73. The zero-order chi connectivity index (χ0) is 17.6. The van der Waals surface area contributed by atoms with Crippen LogP contribution in [0.25, 0.3) is 0 Å². The lowest BCUT2D eigenvalue weighted by molar-refractivity contribution is -0.116. The topological polar surface area (TPSA) is 45.2 Å². The van der Waals surface area contributed by atoms with Crippen molar-refractivity contribution in [3.8, 4) is 0 Å². The number of nitrogens with zero attached hydrogens (tertiary/aromatic N) is 2. The number of aromatic nitrogens is 1. The van der Waals surface area contributed by atoms with E-state index in [1.165, 1.54) is 24.2 Å². The maximum Gasteiger partial charge on any atom is 0.226 e. The molecule has 0 saturated carbocycles. The minimum atomic E-state index is 0.00226. The molecular weight excluding hydrogens is 354 g/mol. The molecule has 1 amide bonds. The molecule has 0 bridgehead atoms. The first-order valence-corrected chi connectivity index (χ1v) is 10.1. The van der Waals surface area contributed by atoms with Crippen LogP contribution >= 0.6 is 22.9 Å². The Kier molecular flexibility index (Phi) is 6.45. The van der Waals surface area contributed by atoms with Crippen molar-refractivity contribution in [2.24, 2.45) is 5.92 Å². The van der Waals surface area contributed by atoms with Crippen molar-refractivity contribution in [1.29, 1.82) is 0 Å². The number of amides is 1. The maximum atomic E-state index is 12.1. The average Bonchev–Trinajstić information content (AvgIpc) is 3.01. The van der Waals surface area contributed by atoms with Gasteiger partial charge in [-0.05, 0) is 49.4 Å². The molecule has 134 valence electrons. The van der Waals surface area contributed by atoms with Crippen molar-refractivity contribution >= 4 is 34.0 Å². The monoisotopic (exact) mass is 377 g/mol. The van der Waals surface area contributed by atoms with Gasteiger partial charge in [0.2, 0.25) is 5.91 Å². The van der Waals surface area contributed by atoms with Crippen LogP contribution in [0.1, 0.15) is 37.4 Å². The zero-order valence-electron chi connectivity index (χ0n) is 14.5. The molecule has 1 aliphatic heterocycles. The fraction of sp³-hybridized carbons (Fsp3) is 0.474. The summed E-state index contributed by atoms with van der Waals surface area (Å²) in [7, 11) is 0. The number of nitrogens with one attached hydrogen (secondary N) is 1. The summed E-state index contributed by atoms with van der Waals surface area (Å²) in [5, 5.41) is 6.37. The number of carbonyl (C=O) groups is 1. The first-order chi connectivity index (χ1) is 12.1. The lowest BCUT2D eigenvalue weighted by Crippen LogP contribution is -2.33. The molecule has 0 radical (unpaired) electrons. The predicted octanol–water partition coefficient (Wildman–Crippen LogP) is 4.60. The van der Waals surface area contributed by atoms with E-state index in [1.54, 1.807) is 0 Å². The number of likely N-dealkylation sites (tertiary alicyclic amines) is 1. The standard InChI is InChI=1S/C19H24ClN3OS/c1-14-3-2-10-23(11-14)12-17-13-25-19(21-17)22-18(24)9-6-15-4-7-16(20)8-5-15/h4-5,7-8,13-14H,2-3,6,9-12H2,1H3,(H,21,22,24)/t14-/m0/s1. The Morgan fingerprint density at radius 2 is 2.20 bits per heavy atom. The zero-order valence-corrected chi connectivity index (χ0v) is 16.1. The van der Waals surface area contributed by atoms with Gasteiger partial charge in [-0.2, -0.15) is 0 Å². The molecule has 1 aromatic heterocycles. The molecule has 4 nitrogen and oxygen atoms in total. The Morgan fingerprint density at radius 3 is 2.96 bits per heavy atom. The number of halogens is 1. The van der Waals surface area contributed by atoms with Crippen LogP contribution in [0, 0.1) is 5.92 Å². The first-order valence-electron chi connectivity index (χ1n) is 8.79. The van der Waals surface area contributed by atoms with Gasteiger partial charge in [0.1, 0.15) is 0 Å². The van der Waals surface area contributed by atoms with Crippen molar-refractivity contribution in [3.05, 3.63) is 45.9 Å². The second-order valence-electron chi connectivity index (χ2n) is 6.80. The van der Waals surface area contributed by atoms with E-state index in [-0.39, 0.29) is 5.91 Å². The highest BCUT2D eigenvalue weighted by molar-refractivity contribution is 7.13. The number of carbonyl (C=O) groups excluding carboxylic acids is 1. The molecule has 1 atom stereocenters. The molecule has 6 heteroatoms. The summed E-state index contributed by atoms with van der Waals surface area (Å²) in [6.45, 7) is 5.46. The van der Waals surface area contributed by atoms with Gasteiger partial charge in [0, 0.05) is 29.9 Å². The Hall–Kier alpha value is -1.43. The van der Waals surface area contributed by atoms with Gasteiger partial charge in [-0.25, -0.2) is 4.98 Å². The van der Waals surface area contributed by atoms with Crippen LogP contribution in [0.2, 0.25) is 5.02 Å². The molecule has 1 saturated heterocycles. The number of hydrogen-bond donors (Lipinski definition) is 1. The fourth-order valence-electron chi connectivity index (χ4n) is 3.19. The molecular formula is C19H24ClN3OS. The molecule has 2 heterocycles. The van der Waals surface area contributed by atoms with Crippen LogP contribution in [0.3, 0.4) is 0 Å². The van der Waals surface area contributed by atoms with E-state index in [9.17, 15) is 4.79 Å². The van der Waals surface area contributed by atoms with Crippen LogP contribution in [-0.2, 0) is 17.8 Å². The second-order valence-corrected chi connectivity index (χ2v) is 8.10. The lowest BCUT2D eigenvalue weighted by Gasteiger charge is -2.30. The van der Waals surface area contributed by atoms with E-state index in [0.717, 1.165) is 36.8 Å². The predicted molar refractivity (Wildman–Crippen MR) is 104 cm³/mol. The third-order valence-corrected chi connectivity index (χ3v) is 5.54. The van der Waals surface area contributed by atoms with Gasteiger partial charge in [-0.15, -0.1) is 11.3 Å². The van der Waals surface area contributed by atoms with E-state index in [4.69, 9.17) is 11.6 Å². The van der Waals surface area contributed by atoms with E-state index in [0.29, 0.717) is 23.0 Å². The highest BCUT2D eigenvalue weighted by Crippen LogP contribution is 2.21. The minimum absolute atomic E-state index is 0.00226. The number of benzene rings is 1. The van der Waals surface area contributed by atoms with Gasteiger partial charge in [0.15, 0.2) is 5.13 Å². The summed E-state index contributed by atoms with van der Waals surface area (Å²) in [4.78, 5) is 19.1. The van der Waals surface area contributed by atoms with Crippen molar-refractivity contribution in [1.82, 2.24) is 9.88 Å². The second kappa shape index (κ2) is 8.79. The summed E-state index contributed by atoms with van der Waals surface area (Å²) >= 11 is 7.38. The minimum Gasteiger partial charge on any atom is -0.302 e. The Bertz CT molecular complexity index is 701. The van der Waals surface area contributed by atoms with Gasteiger partial charge in [0.05, 0.1) is 5.69 Å². The molecule has 3 rings (SSSR count). The third kappa shape index (κ3) is 5.80. The Morgan fingerprint density at radius 1 is 1.40 bits per heavy atom. The van der Waals surface area contributed by atoms with Crippen molar-refractivity contribution in [2.45, 2.75) is 39.2 Å². The molecule has 0 spiro atoms. The highest BCUT2D eigenvalue weighted by atomic mass is 35.5. The van der Waals surface area contributed by atoms with E-state index in [2.05, 4.69) is 22.1 Å². The molecule has 1 aromatic carbocycles. The number of hydrogen-bond acceptors (Lipinski definition) is 4. The van der Waals surface area contributed by atoms with E-state index >= 15 is 0 Å². The van der Waals surface area contributed by atoms with Gasteiger partial charge < -0.3 is 5.32 Å². The van der Waals surface area contributed by atoms with Crippen LogP contribution in [0.4, 0.5) is 5.13 Å². The number of aryl methyl sites for hydroxylation is 1. The largest absolute Gasteiger partial charge is 0.302 e. The van der Waals surface area contributed by atoms with E-state index < -0.39 is 0 Å². The molecule has 1 fully saturated rings. The van der Waals surface area contributed by atoms with Crippen molar-refractivity contribution in [3.63, 3.8) is 0 Å². The van der Waals surface area contributed by atoms with Crippen LogP contribution < -0.4 is 5.32 Å². The number of piperidine rings is 1. The third-order valence-electron chi connectivity index (χ3n) is 4.48. The average molecular weight is 378 g/mol. The van der Waals surface area contributed by atoms with Crippen molar-refractivity contribution < 1.29 is 4.79 Å².